The number of ether oxygens (including phenoxy) is 2. The second kappa shape index (κ2) is 11.2. The highest BCUT2D eigenvalue weighted by molar-refractivity contribution is 9.10. The Morgan fingerprint density at radius 1 is 1.09 bits per heavy atom. The first kappa shape index (κ1) is 23.8. The van der Waals surface area contributed by atoms with E-state index in [2.05, 4.69) is 38.6 Å². The zero-order valence-corrected chi connectivity index (χ0v) is 20.5. The molecule has 0 saturated carbocycles. The summed E-state index contributed by atoms with van der Waals surface area (Å²) in [4.78, 5) is 12.3. The molecule has 3 aromatic carbocycles. The van der Waals surface area contributed by atoms with Gasteiger partial charge in [-0.1, -0.05) is 47.5 Å². The first-order valence-electron chi connectivity index (χ1n) is 10.1. The van der Waals surface area contributed by atoms with Gasteiger partial charge in [-0.15, -0.1) is 0 Å². The van der Waals surface area contributed by atoms with Gasteiger partial charge >= 0.3 is 0 Å². The average Bonchev–Trinajstić information content (AvgIpc) is 2.76. The highest BCUT2D eigenvalue weighted by Gasteiger charge is 2.13. The molecule has 7 heteroatoms. The van der Waals surface area contributed by atoms with Crippen LogP contribution in [0.2, 0.25) is 5.02 Å². The lowest BCUT2D eigenvalue weighted by atomic mass is 10.1. The molecule has 0 saturated heterocycles. The van der Waals surface area contributed by atoms with Crippen LogP contribution < -0.4 is 14.9 Å². The fraction of sp³-hybridized carbons (Fsp3) is 0.200. The Balaban J connectivity index is 1.71. The third kappa shape index (κ3) is 6.34. The number of carbonyl (C=O) groups excluding carboxylic acids is 1. The lowest BCUT2D eigenvalue weighted by Gasteiger charge is -2.15. The van der Waals surface area contributed by atoms with Crippen molar-refractivity contribution in [1.29, 1.82) is 0 Å². The molecule has 1 N–H and O–H groups in total. The molecular formula is C25H24BrClN2O3. The molecule has 166 valence electrons. The Morgan fingerprint density at radius 2 is 1.84 bits per heavy atom. The summed E-state index contributed by atoms with van der Waals surface area (Å²) in [6.45, 7) is 6.74. The van der Waals surface area contributed by atoms with Gasteiger partial charge in [0.05, 0.1) is 17.3 Å². The molecule has 5 nitrogen and oxygen atoms in total. The van der Waals surface area contributed by atoms with Crippen LogP contribution in [0.4, 0.5) is 0 Å². The summed E-state index contributed by atoms with van der Waals surface area (Å²) < 4.78 is 12.5. The molecule has 0 radical (unpaired) electrons. The molecule has 1 amide bonds. The van der Waals surface area contributed by atoms with Gasteiger partial charge in [-0.25, -0.2) is 5.43 Å². The number of nitrogens with one attached hydrogen (secondary N) is 1. The third-order valence-electron chi connectivity index (χ3n) is 4.65. The molecule has 0 unspecified atom stereocenters. The zero-order chi connectivity index (χ0) is 23.1. The Bertz CT molecular complexity index is 1130. The highest BCUT2D eigenvalue weighted by Crippen LogP contribution is 2.37. The average molecular weight is 516 g/mol. The van der Waals surface area contributed by atoms with Gasteiger partial charge < -0.3 is 9.47 Å². The van der Waals surface area contributed by atoms with Gasteiger partial charge in [0.1, 0.15) is 6.61 Å². The monoisotopic (exact) mass is 514 g/mol. The van der Waals surface area contributed by atoms with Crippen molar-refractivity contribution in [1.82, 2.24) is 5.43 Å². The molecular weight excluding hydrogens is 492 g/mol. The quantitative estimate of drug-likeness (QED) is 0.277. The van der Waals surface area contributed by atoms with Crippen LogP contribution in [0.15, 0.2) is 64.2 Å². The fourth-order valence-corrected chi connectivity index (χ4v) is 3.62. The lowest BCUT2D eigenvalue weighted by Crippen LogP contribution is -2.17. The van der Waals surface area contributed by atoms with Gasteiger partial charge in [0.2, 0.25) is 0 Å². The van der Waals surface area contributed by atoms with Crippen molar-refractivity contribution >= 4 is 39.7 Å². The van der Waals surface area contributed by atoms with Crippen LogP contribution in [0.1, 0.15) is 39.5 Å². The molecule has 3 rings (SSSR count). The molecule has 0 aliphatic carbocycles. The van der Waals surface area contributed by atoms with E-state index in [0.717, 1.165) is 21.2 Å². The molecule has 0 aliphatic rings. The van der Waals surface area contributed by atoms with Crippen molar-refractivity contribution < 1.29 is 14.3 Å². The van der Waals surface area contributed by atoms with Gasteiger partial charge in [-0.05, 0) is 77.7 Å². The number of hydrazone groups is 1. The first-order chi connectivity index (χ1) is 15.4. The number of carbonyl (C=O) groups is 1. The number of hydrogen-bond donors (Lipinski definition) is 1. The van der Waals surface area contributed by atoms with Gasteiger partial charge in [0, 0.05) is 10.6 Å². The number of benzene rings is 3. The Kier molecular flexibility index (Phi) is 8.31. The number of amides is 1. The van der Waals surface area contributed by atoms with Crippen LogP contribution in [-0.2, 0) is 6.61 Å². The Hall–Kier alpha value is -2.83. The van der Waals surface area contributed by atoms with E-state index < -0.39 is 0 Å². The van der Waals surface area contributed by atoms with Crippen LogP contribution in [0, 0.1) is 13.8 Å². The van der Waals surface area contributed by atoms with Gasteiger partial charge in [0.25, 0.3) is 5.91 Å². The molecule has 32 heavy (non-hydrogen) atoms. The zero-order valence-electron chi connectivity index (χ0n) is 18.1. The van der Waals surface area contributed by atoms with Gasteiger partial charge in [-0.2, -0.15) is 5.10 Å². The summed E-state index contributed by atoms with van der Waals surface area (Å²) in [7, 11) is 0. The molecule has 3 aromatic rings. The fourth-order valence-electron chi connectivity index (χ4n) is 2.87. The number of hydrogen-bond acceptors (Lipinski definition) is 4. The van der Waals surface area contributed by atoms with E-state index in [9.17, 15) is 4.79 Å². The van der Waals surface area contributed by atoms with Crippen molar-refractivity contribution in [2.75, 3.05) is 6.61 Å². The molecule has 0 fully saturated rings. The van der Waals surface area contributed by atoms with E-state index >= 15 is 0 Å². The number of halogens is 2. The van der Waals surface area contributed by atoms with Crippen molar-refractivity contribution in [3.05, 3.63) is 91.9 Å². The lowest BCUT2D eigenvalue weighted by molar-refractivity contribution is 0.0955. The topological polar surface area (TPSA) is 59.9 Å². The summed E-state index contributed by atoms with van der Waals surface area (Å²) in [6, 6.07) is 17.0. The van der Waals surface area contributed by atoms with Gasteiger partial charge in [0.15, 0.2) is 11.5 Å². The molecule has 0 aliphatic heterocycles. The van der Waals surface area contributed by atoms with Gasteiger partial charge in [-0.3, -0.25) is 4.79 Å². The second-order valence-electron chi connectivity index (χ2n) is 7.20. The SMILES string of the molecule is CCOc1cc(/C=N\NC(=O)c2ccc(C)c(Cl)c2)cc(Br)c1OCc1ccc(C)cc1. The van der Waals surface area contributed by atoms with E-state index in [4.69, 9.17) is 21.1 Å². The molecule has 0 aromatic heterocycles. The van der Waals surface area contributed by atoms with E-state index in [1.807, 2.05) is 45.0 Å². The molecule has 0 bridgehead atoms. The number of aryl methyl sites for hydroxylation is 2. The molecule has 0 atom stereocenters. The Morgan fingerprint density at radius 3 is 2.53 bits per heavy atom. The minimum absolute atomic E-state index is 0.342. The standard InChI is InChI=1S/C25H24BrClN2O3/c1-4-31-23-12-19(14-28-29-25(30)20-10-7-17(3)22(27)13-20)11-21(26)24(23)32-15-18-8-5-16(2)6-9-18/h5-14H,4,15H2,1-3H3,(H,29,30)/b28-14-. The summed E-state index contributed by atoms with van der Waals surface area (Å²) in [5.74, 6) is 0.861. The minimum Gasteiger partial charge on any atom is -0.490 e. The van der Waals surface area contributed by atoms with Crippen molar-refractivity contribution in [3.63, 3.8) is 0 Å². The van der Waals surface area contributed by atoms with Crippen LogP contribution in [0.25, 0.3) is 0 Å². The maximum atomic E-state index is 12.3. The van der Waals surface area contributed by atoms with Crippen molar-refractivity contribution in [2.24, 2.45) is 5.10 Å². The third-order valence-corrected chi connectivity index (χ3v) is 5.65. The summed E-state index contributed by atoms with van der Waals surface area (Å²) in [5, 5.41) is 4.59. The molecule has 0 spiro atoms. The Labute approximate surface area is 201 Å². The van der Waals surface area contributed by atoms with Crippen molar-refractivity contribution in [3.8, 4) is 11.5 Å². The van der Waals surface area contributed by atoms with E-state index in [0.29, 0.717) is 35.3 Å². The molecule has 0 heterocycles. The van der Waals surface area contributed by atoms with Crippen LogP contribution in [0.5, 0.6) is 11.5 Å². The maximum absolute atomic E-state index is 12.3. The van der Waals surface area contributed by atoms with E-state index in [1.165, 1.54) is 5.56 Å². The highest BCUT2D eigenvalue weighted by atomic mass is 79.9. The number of nitrogens with zero attached hydrogens (tertiary/aromatic N) is 1. The normalized spacial score (nSPS) is 10.9. The van der Waals surface area contributed by atoms with Crippen LogP contribution in [-0.4, -0.2) is 18.7 Å². The number of rotatable bonds is 8. The van der Waals surface area contributed by atoms with Crippen molar-refractivity contribution in [2.45, 2.75) is 27.4 Å². The maximum Gasteiger partial charge on any atom is 0.271 e. The van der Waals surface area contributed by atoms with Crippen LogP contribution in [0.3, 0.4) is 0 Å². The summed E-state index contributed by atoms with van der Waals surface area (Å²) >= 11 is 9.65. The largest absolute Gasteiger partial charge is 0.490 e. The van der Waals surface area contributed by atoms with Crippen LogP contribution >= 0.6 is 27.5 Å². The van der Waals surface area contributed by atoms with E-state index in [-0.39, 0.29) is 5.91 Å². The summed E-state index contributed by atoms with van der Waals surface area (Å²) in [6.07, 6.45) is 1.55. The minimum atomic E-state index is -0.342. The first-order valence-corrected chi connectivity index (χ1v) is 11.3. The second-order valence-corrected chi connectivity index (χ2v) is 8.46. The predicted octanol–water partition coefficient (Wildman–Crippen LogP) is 6.46. The van der Waals surface area contributed by atoms with E-state index in [1.54, 1.807) is 24.4 Å². The summed E-state index contributed by atoms with van der Waals surface area (Å²) in [5.41, 5.74) is 6.87. The predicted molar refractivity (Wildman–Crippen MR) is 132 cm³/mol. The smallest absolute Gasteiger partial charge is 0.271 e.